The molecular weight excluding hydrogens is 304 g/mol. The van der Waals surface area contributed by atoms with Crippen LogP contribution in [-0.2, 0) is 23.8 Å². The molecule has 23 heavy (non-hydrogen) atoms. The third kappa shape index (κ3) is 2.36. The second kappa shape index (κ2) is 5.38. The lowest BCUT2D eigenvalue weighted by Gasteiger charge is -2.32. The maximum Gasteiger partial charge on any atom is 0.321 e. The van der Waals surface area contributed by atoms with Gasteiger partial charge in [-0.15, -0.1) is 0 Å². The van der Waals surface area contributed by atoms with Gasteiger partial charge in [-0.25, -0.2) is 0 Å². The molecule has 0 spiro atoms. The van der Waals surface area contributed by atoms with Crippen molar-refractivity contribution in [3.63, 3.8) is 0 Å². The molecule has 1 aliphatic carbocycles. The standard InChI is InChI=1S/C16H16O7/c17-12-6-11(15(19)22-12)21-10-5-9-13(16(20)23-14(9)18)8-4-2-1-3-7(8)10/h1-4,9-13,15,17,19H,5-6H2. The summed E-state index contributed by atoms with van der Waals surface area (Å²) in [5.74, 6) is -2.22. The van der Waals surface area contributed by atoms with Crippen molar-refractivity contribution < 1.29 is 34.0 Å². The monoisotopic (exact) mass is 320 g/mol. The molecule has 1 aromatic carbocycles. The number of esters is 2. The molecule has 6 atom stereocenters. The van der Waals surface area contributed by atoms with Gasteiger partial charge in [0.05, 0.1) is 17.9 Å². The van der Waals surface area contributed by atoms with Crippen LogP contribution in [0.3, 0.4) is 0 Å². The summed E-state index contributed by atoms with van der Waals surface area (Å²) in [7, 11) is 0. The molecule has 2 aliphatic heterocycles. The van der Waals surface area contributed by atoms with Crippen LogP contribution in [-0.4, -0.2) is 40.8 Å². The number of carbonyl (C=O) groups is 2. The molecule has 0 bridgehead atoms. The zero-order chi connectivity index (χ0) is 16.1. The van der Waals surface area contributed by atoms with E-state index in [1.54, 1.807) is 12.1 Å². The van der Waals surface area contributed by atoms with Crippen LogP contribution in [0.4, 0.5) is 0 Å². The van der Waals surface area contributed by atoms with E-state index in [9.17, 15) is 19.8 Å². The molecule has 1 aromatic rings. The molecule has 7 nitrogen and oxygen atoms in total. The fraction of sp³-hybridized carbons (Fsp3) is 0.500. The third-order valence-electron chi connectivity index (χ3n) is 4.69. The van der Waals surface area contributed by atoms with Crippen molar-refractivity contribution in [2.75, 3.05) is 0 Å². The summed E-state index contributed by atoms with van der Waals surface area (Å²) in [6.07, 6.45) is -3.00. The summed E-state index contributed by atoms with van der Waals surface area (Å²) in [6.45, 7) is 0. The summed E-state index contributed by atoms with van der Waals surface area (Å²) in [5.41, 5.74) is 1.52. The Labute approximate surface area is 131 Å². The van der Waals surface area contributed by atoms with E-state index in [0.717, 1.165) is 11.1 Å². The highest BCUT2D eigenvalue weighted by molar-refractivity contribution is 6.00. The van der Waals surface area contributed by atoms with Gasteiger partial charge in [0, 0.05) is 6.42 Å². The van der Waals surface area contributed by atoms with Gasteiger partial charge in [-0.1, -0.05) is 24.3 Å². The van der Waals surface area contributed by atoms with Gasteiger partial charge in [-0.05, 0) is 17.5 Å². The smallest absolute Gasteiger partial charge is 0.321 e. The first-order valence-electron chi connectivity index (χ1n) is 7.56. The number of fused-ring (bicyclic) bond motifs is 3. The van der Waals surface area contributed by atoms with Crippen molar-refractivity contribution in [2.24, 2.45) is 5.92 Å². The lowest BCUT2D eigenvalue weighted by atomic mass is 9.75. The first kappa shape index (κ1) is 14.8. The van der Waals surface area contributed by atoms with Crippen LogP contribution < -0.4 is 0 Å². The number of cyclic esters (lactones) is 2. The van der Waals surface area contributed by atoms with Crippen LogP contribution in [0.15, 0.2) is 24.3 Å². The maximum absolute atomic E-state index is 12.0. The van der Waals surface area contributed by atoms with Crippen molar-refractivity contribution in [1.82, 2.24) is 0 Å². The Morgan fingerprint density at radius 2 is 1.78 bits per heavy atom. The molecule has 0 saturated carbocycles. The lowest BCUT2D eigenvalue weighted by molar-refractivity contribution is -0.190. The minimum atomic E-state index is -1.22. The van der Waals surface area contributed by atoms with E-state index in [4.69, 9.17) is 14.2 Å². The molecule has 0 amide bonds. The fourth-order valence-corrected chi connectivity index (χ4v) is 3.64. The molecule has 4 rings (SSSR count). The van der Waals surface area contributed by atoms with Gasteiger partial charge in [-0.2, -0.15) is 0 Å². The zero-order valence-electron chi connectivity index (χ0n) is 12.1. The highest BCUT2D eigenvalue weighted by atomic mass is 16.7. The highest BCUT2D eigenvalue weighted by Crippen LogP contribution is 2.48. The molecular formula is C16H16O7. The quantitative estimate of drug-likeness (QED) is 0.599. The number of ether oxygens (including phenoxy) is 3. The molecule has 2 saturated heterocycles. The van der Waals surface area contributed by atoms with Crippen LogP contribution in [0.1, 0.15) is 36.0 Å². The summed E-state index contributed by atoms with van der Waals surface area (Å²) in [4.78, 5) is 23.9. The Kier molecular flexibility index (Phi) is 3.46. The van der Waals surface area contributed by atoms with E-state index in [1.807, 2.05) is 12.1 Å². The summed E-state index contributed by atoms with van der Waals surface area (Å²) < 4.78 is 15.5. The zero-order valence-corrected chi connectivity index (χ0v) is 12.1. The number of hydrogen-bond donors (Lipinski definition) is 2. The van der Waals surface area contributed by atoms with Crippen molar-refractivity contribution in [2.45, 2.75) is 43.5 Å². The van der Waals surface area contributed by atoms with Crippen LogP contribution in [0, 0.1) is 5.92 Å². The van der Waals surface area contributed by atoms with E-state index in [2.05, 4.69) is 0 Å². The van der Waals surface area contributed by atoms with E-state index in [0.29, 0.717) is 6.42 Å². The van der Waals surface area contributed by atoms with Crippen LogP contribution in [0.2, 0.25) is 0 Å². The average molecular weight is 320 g/mol. The van der Waals surface area contributed by atoms with Gasteiger partial charge in [0.1, 0.15) is 6.10 Å². The van der Waals surface area contributed by atoms with E-state index >= 15 is 0 Å². The van der Waals surface area contributed by atoms with Gasteiger partial charge < -0.3 is 24.4 Å². The number of hydrogen-bond acceptors (Lipinski definition) is 7. The molecule has 2 heterocycles. The predicted molar refractivity (Wildman–Crippen MR) is 73.7 cm³/mol. The summed E-state index contributed by atoms with van der Waals surface area (Å²) >= 11 is 0. The van der Waals surface area contributed by atoms with Gasteiger partial charge in [-0.3, -0.25) is 9.59 Å². The molecule has 2 N–H and O–H groups in total. The Morgan fingerprint density at radius 3 is 2.48 bits per heavy atom. The first-order chi connectivity index (χ1) is 11.0. The summed E-state index contributed by atoms with van der Waals surface area (Å²) in [6, 6.07) is 7.25. The second-order valence-electron chi connectivity index (χ2n) is 6.07. The Balaban J connectivity index is 1.66. The molecule has 3 aliphatic rings. The first-order valence-corrected chi connectivity index (χ1v) is 7.56. The molecule has 122 valence electrons. The summed E-state index contributed by atoms with van der Waals surface area (Å²) in [5, 5.41) is 19.2. The fourth-order valence-electron chi connectivity index (χ4n) is 3.64. The van der Waals surface area contributed by atoms with Crippen molar-refractivity contribution in [3.05, 3.63) is 35.4 Å². The molecule has 6 unspecified atom stereocenters. The highest BCUT2D eigenvalue weighted by Gasteiger charge is 2.51. The van der Waals surface area contributed by atoms with Crippen molar-refractivity contribution in [1.29, 1.82) is 0 Å². The number of carbonyl (C=O) groups excluding carboxylic acids is 2. The number of aliphatic hydroxyl groups excluding tert-OH is 2. The van der Waals surface area contributed by atoms with E-state index in [-0.39, 0.29) is 6.42 Å². The van der Waals surface area contributed by atoms with Crippen molar-refractivity contribution in [3.8, 4) is 0 Å². The molecule has 0 aromatic heterocycles. The van der Waals surface area contributed by atoms with Crippen LogP contribution in [0.25, 0.3) is 0 Å². The van der Waals surface area contributed by atoms with Gasteiger partial charge in [0.25, 0.3) is 0 Å². The molecule has 7 heteroatoms. The normalized spacial score (nSPS) is 39.0. The number of aliphatic hydroxyl groups is 2. The maximum atomic E-state index is 12.0. The van der Waals surface area contributed by atoms with E-state index in [1.165, 1.54) is 0 Å². The van der Waals surface area contributed by atoms with Gasteiger partial charge >= 0.3 is 11.9 Å². The lowest BCUT2D eigenvalue weighted by Crippen LogP contribution is -2.32. The Morgan fingerprint density at radius 1 is 1.04 bits per heavy atom. The molecule has 0 radical (unpaired) electrons. The van der Waals surface area contributed by atoms with Gasteiger partial charge in [0.2, 0.25) is 0 Å². The molecule has 2 fully saturated rings. The number of rotatable bonds is 2. The van der Waals surface area contributed by atoms with Crippen LogP contribution >= 0.6 is 0 Å². The third-order valence-corrected chi connectivity index (χ3v) is 4.69. The minimum absolute atomic E-state index is 0.150. The number of benzene rings is 1. The predicted octanol–water partition coefficient (Wildman–Crippen LogP) is 0.357. The Bertz CT molecular complexity index is 658. The second-order valence-corrected chi connectivity index (χ2v) is 6.07. The minimum Gasteiger partial charge on any atom is -0.392 e. The van der Waals surface area contributed by atoms with Crippen LogP contribution in [0.5, 0.6) is 0 Å². The topological polar surface area (TPSA) is 102 Å². The van der Waals surface area contributed by atoms with E-state index < -0.39 is 48.6 Å². The largest absolute Gasteiger partial charge is 0.392 e. The van der Waals surface area contributed by atoms with Gasteiger partial charge in [0.15, 0.2) is 12.6 Å². The Hall–Kier alpha value is -1.80. The van der Waals surface area contributed by atoms with Crippen molar-refractivity contribution >= 4 is 11.9 Å². The SMILES string of the molecule is O=C1OC(=O)C2c3ccccc3C(OC3CC(O)OC3O)CC12. The average Bonchev–Trinajstić information content (AvgIpc) is 2.98.